The fraction of sp³-hybridized carbons (Fsp3) is 0.765. The quantitative estimate of drug-likeness (QED) is 0.0359. The first-order chi connectivity index (χ1) is 54.6. The Morgan fingerprint density at radius 1 is 0.317 bits per heavy atom. The summed E-state index contributed by atoms with van der Waals surface area (Å²) >= 11 is -22.0. The zero-order chi connectivity index (χ0) is 85.5. The fourth-order valence-corrected chi connectivity index (χ4v) is 88.3. The van der Waals surface area contributed by atoms with Crippen molar-refractivity contribution in [1.82, 2.24) is 0 Å². The highest BCUT2D eigenvalue weighted by atomic mass is 28.6. The van der Waals surface area contributed by atoms with Crippen LogP contribution in [-0.2, 0) is 148 Å². The predicted octanol–water partition coefficient (Wildman–Crippen LogP) is 11.3. The minimum Gasteiger partial charge on any atom is -0.593 e. The Labute approximate surface area is 759 Å². The predicted molar refractivity (Wildman–Crippen MR) is 465 cm³/mol. The molecule has 120 heavy (non-hydrogen) atoms. The third kappa shape index (κ3) is 36.6. The van der Waals surface area contributed by atoms with Gasteiger partial charge in [-0.25, -0.2) is 19.2 Å². The van der Waals surface area contributed by atoms with Crippen molar-refractivity contribution < 1.29 is 148 Å². The Kier molecular flexibility index (Phi) is 50.8. The van der Waals surface area contributed by atoms with E-state index in [0.29, 0.717) is 0 Å². The molecule has 4 spiro atoms. The molecule has 0 radical (unpaired) electrons. The Morgan fingerprint density at radius 2 is 0.500 bits per heavy atom. The number of carbonyl (C=O) groups excluding carboxylic acids is 8. The zero-order valence-electron chi connectivity index (χ0n) is 70.3. The normalized spacial score (nSPS) is 31.0. The summed E-state index contributed by atoms with van der Waals surface area (Å²) in [5.41, 5.74) is 0.777. The van der Waals surface area contributed by atoms with Gasteiger partial charge >= 0.3 is 237 Å². The Hall–Kier alpha value is -0.0852. The lowest BCUT2D eigenvalue weighted by Crippen LogP contribution is -2.77. The van der Waals surface area contributed by atoms with E-state index in [1.807, 2.05) is 46.3 Å². The number of rotatable bonds is 20. The summed E-state index contributed by atoms with van der Waals surface area (Å²) < 4.78 is 190. The Morgan fingerprint density at radius 3 is 0.683 bits per heavy atom. The van der Waals surface area contributed by atoms with Crippen molar-refractivity contribution in [3.8, 4) is 0 Å². The smallest absolute Gasteiger partial charge is 0.593 e. The Bertz CT molecular complexity index is 2990. The van der Waals surface area contributed by atoms with Gasteiger partial charge in [0.1, 0.15) is 0 Å². The van der Waals surface area contributed by atoms with Crippen LogP contribution in [0.2, 0.25) is 94.6 Å². The van der Waals surface area contributed by atoms with Gasteiger partial charge in [-0.15, -0.1) is 0 Å². The van der Waals surface area contributed by atoms with Gasteiger partial charge in [-0.05, 0) is 105 Å². The monoisotopic (exact) mass is 1960 g/mol. The lowest BCUT2D eigenvalue weighted by Gasteiger charge is -2.54. The second-order valence-electron chi connectivity index (χ2n) is 30.2. The molecule has 0 N–H and O–H groups in total. The summed E-state index contributed by atoms with van der Waals surface area (Å²) in [6.45, 7) is 26.9. The van der Waals surface area contributed by atoms with Crippen LogP contribution in [0.3, 0.4) is 0 Å². The van der Waals surface area contributed by atoms with Crippen molar-refractivity contribution in [2.45, 2.75) is 257 Å². The summed E-state index contributed by atoms with van der Waals surface area (Å²) in [7, 11) is -35.0. The second-order valence-corrected chi connectivity index (χ2v) is 72.7. The van der Waals surface area contributed by atoms with Crippen LogP contribution in [0.25, 0.3) is 0 Å². The maximum absolute atomic E-state index is 14.1. The number of hydrogen-bond acceptors (Lipinski definition) is 36. The van der Waals surface area contributed by atoms with Gasteiger partial charge in [0, 0.05) is 70.6 Å². The number of carbonyl (C=O) groups is 8. The van der Waals surface area contributed by atoms with E-state index in [1.54, 1.807) is 27.7 Å². The van der Waals surface area contributed by atoms with E-state index in [2.05, 4.69) is 26.3 Å². The zero-order valence-corrected chi connectivity index (χ0v) is 87.5. The molecule has 52 heteroatoms. The first kappa shape index (κ1) is 114. The highest BCUT2D eigenvalue weighted by Gasteiger charge is 2.73. The molecule has 7 rings (SSSR count). The Balaban J connectivity index is 0.00000930. The van der Waals surface area contributed by atoms with Crippen LogP contribution < -0.4 is 0 Å². The van der Waals surface area contributed by atoms with Gasteiger partial charge in [-0.2, -0.15) is 0 Å². The molecular formula is C68H132Al8O36Si8. The molecule has 8 bridgehead atoms. The summed E-state index contributed by atoms with van der Waals surface area (Å²) in [5, 5.41) is 0. The molecule has 0 aromatic heterocycles. The molecule has 7 aliphatic rings. The number of cyclic esters (lactones) is 4. The highest BCUT2D eigenvalue weighted by Crippen LogP contribution is 2.46. The van der Waals surface area contributed by atoms with Crippen molar-refractivity contribution in [2.75, 3.05) is 52.9 Å². The molecule has 7 saturated heterocycles. The van der Waals surface area contributed by atoms with Crippen LogP contribution in [0, 0.1) is 23.7 Å². The molecule has 0 saturated carbocycles. The second kappa shape index (κ2) is 53.4. The first-order valence-corrected chi connectivity index (χ1v) is 72.4. The number of ether oxygens (including phenoxy) is 8. The van der Waals surface area contributed by atoms with Gasteiger partial charge in [0.25, 0.3) is 0 Å². The van der Waals surface area contributed by atoms with Crippen molar-refractivity contribution in [3.05, 3.63) is 48.6 Å². The molecule has 0 amide bonds. The maximum Gasteiger partial charge on any atom is 0.633 e. The number of esters is 8. The van der Waals surface area contributed by atoms with E-state index in [1.165, 1.54) is 27.7 Å². The average Bonchev–Trinajstić information content (AvgIpc) is 0.739. The minimum atomic E-state index is -4.40. The molecule has 676 valence electrons. The molecular weight excluding hydrogens is 1830 g/mol. The largest absolute Gasteiger partial charge is 0.633 e. The molecule has 7 fully saturated rings. The highest BCUT2D eigenvalue weighted by molar-refractivity contribution is 6.96. The van der Waals surface area contributed by atoms with Crippen molar-refractivity contribution in [3.63, 3.8) is 0 Å². The number of fused-ring (bicyclic) bond motifs is 4. The summed E-state index contributed by atoms with van der Waals surface area (Å²) in [4.78, 5) is 108. The van der Waals surface area contributed by atoms with Crippen LogP contribution in [0.15, 0.2) is 48.6 Å². The van der Waals surface area contributed by atoms with E-state index < -0.39 is 260 Å². The molecule has 0 aromatic carbocycles. The standard InChI is InChI=1S/C56H92O32Si8.4CH4.8CH3.8Al.4O/c1-41(2)49(57)73-25-13-33-89(65)81-90(66,34-14-26-74-50(58)42(3)4)84-94(70)38-18-30-78-54(62)46(10)23-24-48(12)56(64)80-32-20-40-96(72)86-92(68,36-16-28-76-52(60)44(7)8)82-91(67,35-15-27-75-51(59)43(5)6)85-95(71,88-96)39-19-31-79-55(63)47(11)22-21-45(9)53(61)77-29-17-37-93(69,83-89)87-94;;;;;;;;;;;;;;;;;;;;;;;;/h45-48H,1,3,5,7,13-40H2,2,4,6,8-12H3;4*1H4;8*1H3;;;;;;;;;;;;/q-8;;;;;;;;;;;;;8*+1;;;;. The first-order valence-electron chi connectivity index (χ1n) is 40.2. The van der Waals surface area contributed by atoms with E-state index in [9.17, 15) is 38.4 Å². The van der Waals surface area contributed by atoms with Gasteiger partial charge in [-0.3, -0.25) is 19.2 Å². The topological polar surface area (TPSA) is 395 Å². The lowest BCUT2D eigenvalue weighted by molar-refractivity contribution is -0.151. The number of hydrogen-bond donors (Lipinski definition) is 0. The van der Waals surface area contributed by atoms with Crippen LogP contribution in [-0.4, -0.2) is 290 Å². The summed E-state index contributed by atoms with van der Waals surface area (Å²) in [6.07, 6.45) is 1.90. The van der Waals surface area contributed by atoms with Crippen molar-refractivity contribution in [2.24, 2.45) is 23.7 Å². The third-order valence-corrected chi connectivity index (χ3v) is 80.8. The van der Waals surface area contributed by atoms with Gasteiger partial charge in [0.05, 0.1) is 76.5 Å². The van der Waals surface area contributed by atoms with Gasteiger partial charge in [0.15, 0.2) is 0 Å². The van der Waals surface area contributed by atoms with E-state index in [0.717, 1.165) is 0 Å². The van der Waals surface area contributed by atoms with Crippen LogP contribution in [0.1, 0.15) is 162 Å². The summed E-state index contributed by atoms with van der Waals surface area (Å²) in [6, 6.07) is -0.0237. The molecule has 7 heterocycles. The van der Waals surface area contributed by atoms with Crippen molar-refractivity contribution >= 4 is 237 Å². The van der Waals surface area contributed by atoms with Gasteiger partial charge in [0.2, 0.25) is 0 Å². The molecule has 12 unspecified atom stereocenters. The fourth-order valence-electron chi connectivity index (χ4n) is 13.3. The maximum atomic E-state index is 14.1. The molecule has 12 atom stereocenters. The minimum absolute atomic E-state index is 0. The van der Waals surface area contributed by atoms with Crippen LogP contribution in [0.5, 0.6) is 0 Å². The average molecular weight is 1970 g/mol. The van der Waals surface area contributed by atoms with E-state index in [4.69, 9.17) is 110 Å². The van der Waals surface area contributed by atoms with E-state index in [-0.39, 0.29) is 230 Å². The molecule has 36 nitrogen and oxygen atoms in total. The molecule has 0 aliphatic carbocycles. The molecule has 7 aliphatic heterocycles. The van der Waals surface area contributed by atoms with Crippen LogP contribution in [0.4, 0.5) is 0 Å². The third-order valence-electron chi connectivity index (χ3n) is 18.8. The van der Waals surface area contributed by atoms with Crippen molar-refractivity contribution in [1.29, 1.82) is 0 Å². The van der Waals surface area contributed by atoms with Gasteiger partial charge < -0.3 is 110 Å². The van der Waals surface area contributed by atoms with Crippen LogP contribution >= 0.6 is 0 Å². The summed E-state index contributed by atoms with van der Waals surface area (Å²) in [5.74, 6) is 7.14. The molecule has 0 aromatic rings. The lowest BCUT2D eigenvalue weighted by atomic mass is 9.98. The van der Waals surface area contributed by atoms with Gasteiger partial charge in [-0.1, -0.05) is 130 Å². The SMILES string of the molecule is C.C.C.C.C=C(C)C(=O)OCCC[Si]12[O][Al]([CH3])[O][Al]([CH3])[O][Si]3(CCCOC(=O)C(C)CCC(C)C(=O)OCCC[Si]45[O][Al]([CH3])[O][Al]([CH3])[O][Si](CCCOC(=O)C(=C)C)(O[Si]6(CCCOC(=O)C(=C)C)[O][Al]([CH3])[O][Al]([CH3])[O][Si](CCCOC(=O)C(C)CCC(C)C(=O)OCCC[Si]7([O][Al]([CH3])[O][Al]([CH3])[O][Si](CCCOC(=O)C(=C)C)(O1)O7)O3)(O6)O4)O5)O2. The van der Waals surface area contributed by atoms with E-state index >= 15 is 0 Å².